The second kappa shape index (κ2) is 4.88. The van der Waals surface area contributed by atoms with Gasteiger partial charge in [0.15, 0.2) is 0 Å². The number of nitrogens with one attached hydrogen (secondary N) is 1. The molecule has 1 rings (SSSR count). The highest BCUT2D eigenvalue weighted by molar-refractivity contribution is 6.33. The summed E-state index contributed by atoms with van der Waals surface area (Å²) in [5.74, 6) is 0. The molecule has 0 heterocycles. The highest BCUT2D eigenvalue weighted by atomic mass is 35.5. The zero-order valence-corrected chi connectivity index (χ0v) is 8.17. The molecule has 0 spiro atoms. The number of para-hydroxylation sites is 1. The molecular formula is C8H7ClF2N2O2. The molecular weight excluding hydrogens is 230 g/mol. The number of nitro benzene ring substituents is 1. The molecule has 1 aromatic carbocycles. The largest absolute Gasteiger partial charge is 0.374 e. The topological polar surface area (TPSA) is 55.2 Å². The van der Waals surface area contributed by atoms with Crippen molar-refractivity contribution in [2.24, 2.45) is 0 Å². The van der Waals surface area contributed by atoms with Crippen molar-refractivity contribution in [3.8, 4) is 0 Å². The second-order valence-corrected chi connectivity index (χ2v) is 3.07. The van der Waals surface area contributed by atoms with Crippen LogP contribution in [0.4, 0.5) is 20.2 Å². The van der Waals surface area contributed by atoms with Gasteiger partial charge in [0.2, 0.25) is 0 Å². The van der Waals surface area contributed by atoms with Gasteiger partial charge in [0.05, 0.1) is 11.5 Å². The van der Waals surface area contributed by atoms with Crippen molar-refractivity contribution in [3.63, 3.8) is 0 Å². The minimum atomic E-state index is -2.58. The first-order chi connectivity index (χ1) is 7.02. The first-order valence-electron chi connectivity index (χ1n) is 3.97. The predicted molar refractivity (Wildman–Crippen MR) is 52.6 cm³/mol. The molecule has 1 aromatic rings. The first kappa shape index (κ1) is 11.6. The van der Waals surface area contributed by atoms with Gasteiger partial charge < -0.3 is 5.32 Å². The molecule has 0 amide bonds. The van der Waals surface area contributed by atoms with Gasteiger partial charge >= 0.3 is 5.69 Å². The Labute approximate surface area is 89.0 Å². The van der Waals surface area contributed by atoms with Gasteiger partial charge in [-0.25, -0.2) is 8.78 Å². The van der Waals surface area contributed by atoms with Crippen LogP contribution in [0.25, 0.3) is 0 Å². The second-order valence-electron chi connectivity index (χ2n) is 2.67. The van der Waals surface area contributed by atoms with Crippen LogP contribution >= 0.6 is 11.6 Å². The van der Waals surface area contributed by atoms with Crippen LogP contribution in [0.3, 0.4) is 0 Å². The third-order valence-corrected chi connectivity index (χ3v) is 1.92. The Bertz CT molecular complexity index is 374. The van der Waals surface area contributed by atoms with Crippen LogP contribution in [-0.4, -0.2) is 17.9 Å². The van der Waals surface area contributed by atoms with E-state index in [-0.39, 0.29) is 16.4 Å². The molecule has 82 valence electrons. The Morgan fingerprint density at radius 1 is 1.53 bits per heavy atom. The number of alkyl halides is 2. The number of halogens is 3. The lowest BCUT2D eigenvalue weighted by molar-refractivity contribution is -0.383. The summed E-state index contributed by atoms with van der Waals surface area (Å²) in [5, 5.41) is 12.8. The summed E-state index contributed by atoms with van der Waals surface area (Å²) in [5.41, 5.74) is -0.396. The van der Waals surface area contributed by atoms with E-state index in [4.69, 9.17) is 11.6 Å². The molecule has 0 saturated heterocycles. The lowest BCUT2D eigenvalue weighted by Crippen LogP contribution is -2.11. The number of rotatable bonds is 4. The lowest BCUT2D eigenvalue weighted by atomic mass is 10.2. The van der Waals surface area contributed by atoms with Crippen molar-refractivity contribution in [2.75, 3.05) is 11.9 Å². The molecule has 0 aliphatic rings. The maximum absolute atomic E-state index is 11.9. The van der Waals surface area contributed by atoms with Crippen LogP contribution in [-0.2, 0) is 0 Å². The molecule has 0 fully saturated rings. The smallest absolute Gasteiger partial charge is 0.310 e. The monoisotopic (exact) mass is 236 g/mol. The average Bonchev–Trinajstić information content (AvgIpc) is 2.13. The summed E-state index contributed by atoms with van der Waals surface area (Å²) in [7, 11) is 0. The van der Waals surface area contributed by atoms with Crippen LogP contribution in [0.5, 0.6) is 0 Å². The summed E-state index contributed by atoms with van der Waals surface area (Å²) in [6, 6.07) is 4.10. The quantitative estimate of drug-likeness (QED) is 0.646. The van der Waals surface area contributed by atoms with Gasteiger partial charge in [-0.3, -0.25) is 10.1 Å². The molecule has 0 atom stereocenters. The van der Waals surface area contributed by atoms with Crippen molar-refractivity contribution in [3.05, 3.63) is 33.3 Å². The summed E-state index contributed by atoms with van der Waals surface area (Å²) in [4.78, 5) is 9.87. The predicted octanol–water partition coefficient (Wildman–Crippen LogP) is 2.93. The Kier molecular flexibility index (Phi) is 3.79. The molecule has 7 heteroatoms. The van der Waals surface area contributed by atoms with E-state index in [0.29, 0.717) is 0 Å². The number of hydrogen-bond donors (Lipinski definition) is 1. The van der Waals surface area contributed by atoms with E-state index >= 15 is 0 Å². The summed E-state index contributed by atoms with van der Waals surface area (Å²) >= 11 is 5.57. The third-order valence-electron chi connectivity index (χ3n) is 1.62. The van der Waals surface area contributed by atoms with Crippen LogP contribution < -0.4 is 5.32 Å². The van der Waals surface area contributed by atoms with Crippen molar-refractivity contribution in [2.45, 2.75) is 6.43 Å². The molecule has 0 unspecified atom stereocenters. The first-order valence-corrected chi connectivity index (χ1v) is 4.35. The molecule has 15 heavy (non-hydrogen) atoms. The Morgan fingerprint density at radius 3 is 2.73 bits per heavy atom. The Morgan fingerprint density at radius 2 is 2.20 bits per heavy atom. The standard InChI is InChI=1S/C8H7ClF2N2O2/c9-5-2-1-3-6(8(5)13(14)15)12-4-7(10)11/h1-3,7,12H,4H2. The highest BCUT2D eigenvalue weighted by Crippen LogP contribution is 2.32. The lowest BCUT2D eigenvalue weighted by Gasteiger charge is -2.06. The van der Waals surface area contributed by atoms with Gasteiger partial charge in [-0.2, -0.15) is 0 Å². The fourth-order valence-electron chi connectivity index (χ4n) is 1.03. The van der Waals surface area contributed by atoms with Gasteiger partial charge in [0.25, 0.3) is 6.43 Å². The van der Waals surface area contributed by atoms with Gasteiger partial charge in [-0.05, 0) is 12.1 Å². The van der Waals surface area contributed by atoms with Crippen LogP contribution in [0.1, 0.15) is 0 Å². The van der Waals surface area contributed by atoms with Crippen molar-refractivity contribution in [1.82, 2.24) is 0 Å². The van der Waals surface area contributed by atoms with Crippen molar-refractivity contribution >= 4 is 23.0 Å². The number of benzene rings is 1. The third kappa shape index (κ3) is 3.02. The zero-order valence-electron chi connectivity index (χ0n) is 7.41. The van der Waals surface area contributed by atoms with Crippen molar-refractivity contribution < 1.29 is 13.7 Å². The minimum absolute atomic E-state index is 0.00667. The van der Waals surface area contributed by atoms with E-state index < -0.39 is 17.9 Å². The van der Waals surface area contributed by atoms with E-state index in [1.165, 1.54) is 18.2 Å². The Balaban J connectivity index is 2.96. The molecule has 0 bridgehead atoms. The molecule has 0 radical (unpaired) electrons. The number of nitro groups is 1. The van der Waals surface area contributed by atoms with E-state index in [9.17, 15) is 18.9 Å². The summed E-state index contributed by atoms with van der Waals surface area (Å²) in [6.45, 7) is -0.652. The maximum atomic E-state index is 11.9. The average molecular weight is 237 g/mol. The maximum Gasteiger partial charge on any atom is 0.310 e. The van der Waals surface area contributed by atoms with Crippen LogP contribution in [0.2, 0.25) is 5.02 Å². The fourth-order valence-corrected chi connectivity index (χ4v) is 1.27. The highest BCUT2D eigenvalue weighted by Gasteiger charge is 2.18. The van der Waals surface area contributed by atoms with Gasteiger partial charge in [0.1, 0.15) is 10.7 Å². The molecule has 0 aliphatic carbocycles. The van der Waals surface area contributed by atoms with E-state index in [1.807, 2.05) is 0 Å². The summed E-state index contributed by atoms with van der Waals surface area (Å²) < 4.78 is 23.8. The van der Waals surface area contributed by atoms with E-state index in [0.717, 1.165) is 0 Å². The number of nitrogens with zero attached hydrogens (tertiary/aromatic N) is 1. The normalized spacial score (nSPS) is 10.4. The fraction of sp³-hybridized carbons (Fsp3) is 0.250. The molecule has 4 nitrogen and oxygen atoms in total. The molecule has 0 aromatic heterocycles. The molecule has 0 aliphatic heterocycles. The summed E-state index contributed by atoms with van der Waals surface area (Å²) in [6.07, 6.45) is -2.58. The SMILES string of the molecule is O=[N+]([O-])c1c(Cl)cccc1NCC(F)F. The van der Waals surface area contributed by atoms with Crippen LogP contribution in [0, 0.1) is 10.1 Å². The van der Waals surface area contributed by atoms with Gasteiger partial charge in [-0.1, -0.05) is 17.7 Å². The van der Waals surface area contributed by atoms with Gasteiger partial charge in [0, 0.05) is 0 Å². The minimum Gasteiger partial charge on any atom is -0.374 e. The zero-order chi connectivity index (χ0) is 11.4. The molecule has 1 N–H and O–H groups in total. The van der Waals surface area contributed by atoms with Gasteiger partial charge in [-0.15, -0.1) is 0 Å². The number of hydrogen-bond acceptors (Lipinski definition) is 3. The van der Waals surface area contributed by atoms with E-state index in [1.54, 1.807) is 0 Å². The Hall–Kier alpha value is -1.43. The molecule has 0 saturated carbocycles. The van der Waals surface area contributed by atoms with Crippen molar-refractivity contribution in [1.29, 1.82) is 0 Å². The van der Waals surface area contributed by atoms with E-state index in [2.05, 4.69) is 5.32 Å². The number of anilines is 1. The van der Waals surface area contributed by atoms with Crippen LogP contribution in [0.15, 0.2) is 18.2 Å².